The van der Waals surface area contributed by atoms with Gasteiger partial charge in [-0.2, -0.15) is 4.98 Å². The van der Waals surface area contributed by atoms with Crippen LogP contribution in [-0.4, -0.2) is 56.7 Å². The van der Waals surface area contributed by atoms with E-state index in [-0.39, 0.29) is 52.6 Å². The number of hydrogen-bond donors (Lipinski definition) is 4. The first-order valence-corrected chi connectivity index (χ1v) is 11.5. The second kappa shape index (κ2) is 9.19. The highest BCUT2D eigenvalue weighted by Gasteiger charge is 2.56. The van der Waals surface area contributed by atoms with Crippen molar-refractivity contribution in [2.24, 2.45) is 0 Å². The molecule has 0 radical (unpaired) electrons. The van der Waals surface area contributed by atoms with Gasteiger partial charge in [0.2, 0.25) is 11.8 Å². The summed E-state index contributed by atoms with van der Waals surface area (Å²) >= 11 is 0. The predicted octanol–water partition coefficient (Wildman–Crippen LogP) is 1.21. The Morgan fingerprint density at radius 1 is 1.11 bits per heavy atom. The molecule has 12 nitrogen and oxygen atoms in total. The van der Waals surface area contributed by atoms with Crippen molar-refractivity contribution in [2.75, 3.05) is 13.1 Å². The number of aromatic nitrogens is 2. The van der Waals surface area contributed by atoms with E-state index in [9.17, 15) is 29.4 Å². The third kappa shape index (κ3) is 4.13. The molecule has 4 rings (SSSR count). The maximum absolute atomic E-state index is 13.7. The summed E-state index contributed by atoms with van der Waals surface area (Å²) in [5.74, 6) is -2.48. The number of nitrogens with zero attached hydrogens (tertiary/aromatic N) is 2. The first-order chi connectivity index (χ1) is 17.4. The van der Waals surface area contributed by atoms with Gasteiger partial charge in [-0.05, 0) is 34.6 Å². The SMILES string of the molecule is CC(=O)c1c(O)c(C)c(O)c2c1OC1=CC(=O)C(=C(C)NCC(=O)NCCc3nc(C)no3)C(=O)[C@@]12C. The van der Waals surface area contributed by atoms with Crippen LogP contribution in [0.5, 0.6) is 17.2 Å². The number of rotatable bonds is 7. The summed E-state index contributed by atoms with van der Waals surface area (Å²) in [6, 6.07) is 0. The number of benzene rings is 1. The number of aryl methyl sites for hydroxylation is 1. The van der Waals surface area contributed by atoms with Crippen molar-refractivity contribution in [2.45, 2.75) is 46.5 Å². The molecule has 2 aliphatic rings. The first kappa shape index (κ1) is 25.6. The van der Waals surface area contributed by atoms with Gasteiger partial charge in [0.15, 0.2) is 23.2 Å². The number of hydrogen-bond acceptors (Lipinski definition) is 11. The molecular formula is C25H26N4O8. The van der Waals surface area contributed by atoms with Crippen molar-refractivity contribution in [1.82, 2.24) is 20.8 Å². The van der Waals surface area contributed by atoms with Crippen LogP contribution in [-0.2, 0) is 26.2 Å². The highest BCUT2D eigenvalue weighted by Crippen LogP contribution is 2.57. The molecule has 1 atom stereocenters. The fourth-order valence-electron chi connectivity index (χ4n) is 4.48. The van der Waals surface area contributed by atoms with Crippen LogP contribution < -0.4 is 15.4 Å². The van der Waals surface area contributed by atoms with Crippen molar-refractivity contribution in [3.05, 3.63) is 51.5 Å². The summed E-state index contributed by atoms with van der Waals surface area (Å²) in [4.78, 5) is 55.2. The average molecular weight is 511 g/mol. The Kier molecular flexibility index (Phi) is 6.36. The highest BCUT2D eigenvalue weighted by molar-refractivity contribution is 6.31. The van der Waals surface area contributed by atoms with E-state index < -0.39 is 40.2 Å². The molecule has 2 heterocycles. The lowest BCUT2D eigenvalue weighted by atomic mass is 9.70. The Balaban J connectivity index is 1.58. The summed E-state index contributed by atoms with van der Waals surface area (Å²) in [7, 11) is 0. The first-order valence-electron chi connectivity index (χ1n) is 11.5. The number of Topliss-reactive ketones (excluding diaryl/α,β-unsaturated/α-hetero) is 2. The molecule has 0 spiro atoms. The molecule has 194 valence electrons. The largest absolute Gasteiger partial charge is 0.507 e. The number of phenolic OH excluding ortho intramolecular Hbond substituents is 2. The van der Waals surface area contributed by atoms with Gasteiger partial charge in [-0.15, -0.1) is 0 Å². The van der Waals surface area contributed by atoms with Crippen LogP contribution in [0.4, 0.5) is 0 Å². The quantitative estimate of drug-likeness (QED) is 0.239. The van der Waals surface area contributed by atoms with E-state index in [0.717, 1.165) is 6.08 Å². The number of carbonyl (C=O) groups is 4. The Morgan fingerprint density at radius 2 is 1.81 bits per heavy atom. The standard InChI is InChI=1S/C25H26N4O8/c1-10-21(33)19(12(3)30)23-20(22(10)34)25(5)15(36-23)8-14(31)18(24(25)35)11(2)27-9-16(32)26-7-6-17-28-13(4)29-37-17/h8,27,33-34H,6-7,9H2,1-5H3,(H,26,32)/t25-/m0/s1. The zero-order chi connectivity index (χ0) is 27.2. The monoisotopic (exact) mass is 510 g/mol. The summed E-state index contributed by atoms with van der Waals surface area (Å²) in [5.41, 5.74) is -1.87. The average Bonchev–Trinajstić information content (AvgIpc) is 3.37. The number of ketones is 3. The zero-order valence-corrected chi connectivity index (χ0v) is 20.9. The van der Waals surface area contributed by atoms with Gasteiger partial charge < -0.3 is 30.1 Å². The molecule has 0 saturated carbocycles. The van der Waals surface area contributed by atoms with Crippen LogP contribution >= 0.6 is 0 Å². The number of ether oxygens (including phenoxy) is 1. The van der Waals surface area contributed by atoms with Crippen LogP contribution in [0.2, 0.25) is 0 Å². The smallest absolute Gasteiger partial charge is 0.239 e. The van der Waals surface area contributed by atoms with E-state index >= 15 is 0 Å². The van der Waals surface area contributed by atoms with E-state index in [1.54, 1.807) is 6.92 Å². The molecule has 12 heteroatoms. The van der Waals surface area contributed by atoms with E-state index in [1.807, 2.05) is 0 Å². The van der Waals surface area contributed by atoms with Crippen molar-refractivity contribution >= 4 is 23.3 Å². The van der Waals surface area contributed by atoms with Gasteiger partial charge in [-0.25, -0.2) is 0 Å². The number of allylic oxidation sites excluding steroid dienone is 4. The Morgan fingerprint density at radius 3 is 2.43 bits per heavy atom. The molecule has 1 aromatic heterocycles. The summed E-state index contributed by atoms with van der Waals surface area (Å²) in [5, 5.41) is 30.4. The second-order valence-electron chi connectivity index (χ2n) is 9.08. The van der Waals surface area contributed by atoms with Gasteiger partial charge in [0.25, 0.3) is 0 Å². The molecule has 1 aliphatic heterocycles. The number of phenols is 2. The predicted molar refractivity (Wildman–Crippen MR) is 127 cm³/mol. The lowest BCUT2D eigenvalue weighted by Crippen LogP contribution is -2.42. The van der Waals surface area contributed by atoms with Gasteiger partial charge in [0, 0.05) is 30.3 Å². The second-order valence-corrected chi connectivity index (χ2v) is 9.08. The Labute approximate surface area is 211 Å². The minimum atomic E-state index is -1.63. The summed E-state index contributed by atoms with van der Waals surface area (Å²) in [6.45, 7) is 7.30. The van der Waals surface area contributed by atoms with Crippen LogP contribution in [0.15, 0.2) is 27.6 Å². The molecule has 0 unspecified atom stereocenters. The number of aromatic hydroxyl groups is 2. The molecule has 37 heavy (non-hydrogen) atoms. The van der Waals surface area contributed by atoms with Crippen LogP contribution in [0.3, 0.4) is 0 Å². The number of fused-ring (bicyclic) bond motifs is 3. The van der Waals surface area contributed by atoms with E-state index in [1.165, 1.54) is 27.7 Å². The minimum Gasteiger partial charge on any atom is -0.507 e. The Hall–Kier alpha value is -4.48. The number of nitrogens with one attached hydrogen (secondary N) is 2. The molecule has 0 saturated heterocycles. The molecule has 0 bridgehead atoms. The topological polar surface area (TPSA) is 181 Å². The minimum absolute atomic E-state index is 0.00365. The molecule has 1 amide bonds. The molecule has 1 aromatic carbocycles. The number of carbonyl (C=O) groups excluding carboxylic acids is 4. The zero-order valence-electron chi connectivity index (χ0n) is 20.9. The third-order valence-corrected chi connectivity index (χ3v) is 6.50. The van der Waals surface area contributed by atoms with E-state index in [2.05, 4.69) is 20.8 Å². The van der Waals surface area contributed by atoms with Gasteiger partial charge >= 0.3 is 0 Å². The molecule has 1 aliphatic carbocycles. The molecule has 4 N–H and O–H groups in total. The fraction of sp³-hybridized carbons (Fsp3) is 0.360. The van der Waals surface area contributed by atoms with Crippen LogP contribution in [0, 0.1) is 13.8 Å². The normalized spacial score (nSPS) is 19.5. The lowest BCUT2D eigenvalue weighted by Gasteiger charge is -2.29. The maximum Gasteiger partial charge on any atom is 0.239 e. The highest BCUT2D eigenvalue weighted by atomic mass is 16.5. The van der Waals surface area contributed by atoms with Crippen molar-refractivity contribution in [3.8, 4) is 17.2 Å². The van der Waals surface area contributed by atoms with Crippen LogP contribution in [0.25, 0.3) is 0 Å². The van der Waals surface area contributed by atoms with Crippen molar-refractivity contribution < 1.29 is 38.7 Å². The van der Waals surface area contributed by atoms with Crippen molar-refractivity contribution in [3.63, 3.8) is 0 Å². The summed E-state index contributed by atoms with van der Waals surface area (Å²) < 4.78 is 10.7. The molecule has 2 aromatic rings. The van der Waals surface area contributed by atoms with Gasteiger partial charge in [-0.3, -0.25) is 19.2 Å². The van der Waals surface area contributed by atoms with Gasteiger partial charge in [0.05, 0.1) is 17.7 Å². The fourth-order valence-corrected chi connectivity index (χ4v) is 4.48. The summed E-state index contributed by atoms with van der Waals surface area (Å²) in [6.07, 6.45) is 1.46. The van der Waals surface area contributed by atoms with Crippen LogP contribution in [0.1, 0.15) is 54.0 Å². The lowest BCUT2D eigenvalue weighted by molar-refractivity contribution is -0.124. The van der Waals surface area contributed by atoms with Gasteiger partial charge in [-0.1, -0.05) is 5.16 Å². The van der Waals surface area contributed by atoms with Gasteiger partial charge in [0.1, 0.15) is 34.0 Å². The van der Waals surface area contributed by atoms with E-state index in [0.29, 0.717) is 18.1 Å². The van der Waals surface area contributed by atoms with E-state index in [4.69, 9.17) is 9.26 Å². The molecule has 0 fully saturated rings. The maximum atomic E-state index is 13.7. The van der Waals surface area contributed by atoms with Crippen molar-refractivity contribution in [1.29, 1.82) is 0 Å². The number of amides is 1. The Bertz CT molecular complexity index is 1430. The third-order valence-electron chi connectivity index (χ3n) is 6.50. The molecular weight excluding hydrogens is 484 g/mol.